The molecule has 0 aromatic heterocycles. The van der Waals surface area contributed by atoms with Gasteiger partial charge in [0.1, 0.15) is 5.82 Å². The minimum Gasteiger partial charge on any atom is -0.381 e. The maximum atomic E-state index is 13.5. The molecular formula is C15H21ClFNO. The van der Waals surface area contributed by atoms with E-state index < -0.39 is 0 Å². The smallest absolute Gasteiger partial charge is 0.142 e. The average molecular weight is 286 g/mol. The molecule has 0 radical (unpaired) electrons. The third kappa shape index (κ3) is 3.91. The summed E-state index contributed by atoms with van der Waals surface area (Å²) in [6.07, 6.45) is 2.89. The summed E-state index contributed by atoms with van der Waals surface area (Å²) in [5.74, 6) is 0.245. The molecule has 1 aromatic rings. The Bertz CT molecular complexity index is 407. The third-order valence-electron chi connectivity index (χ3n) is 3.77. The first-order chi connectivity index (χ1) is 9.22. The lowest BCUT2D eigenvalue weighted by Crippen LogP contribution is -2.40. The minimum absolute atomic E-state index is 0.262. The standard InChI is InChI=1S/C15H21ClFNO/c1-2-18-14(11-6-8-19-9-7-11)10-12-4-3-5-13(17)15(12)16/h3-5,11,14,18H,2,6-10H2,1H3. The summed E-state index contributed by atoms with van der Waals surface area (Å²) < 4.78 is 18.9. The zero-order valence-corrected chi connectivity index (χ0v) is 12.0. The van der Waals surface area contributed by atoms with Crippen LogP contribution in [0.2, 0.25) is 5.02 Å². The molecule has 2 nitrogen and oxygen atoms in total. The lowest BCUT2D eigenvalue weighted by atomic mass is 9.87. The number of halogens is 2. The van der Waals surface area contributed by atoms with Crippen LogP contribution in [0.15, 0.2) is 18.2 Å². The van der Waals surface area contributed by atoms with Gasteiger partial charge in [-0.25, -0.2) is 4.39 Å². The van der Waals surface area contributed by atoms with Gasteiger partial charge in [-0.1, -0.05) is 30.7 Å². The second kappa shape index (κ2) is 7.22. The van der Waals surface area contributed by atoms with Gasteiger partial charge in [-0.3, -0.25) is 0 Å². The first kappa shape index (κ1) is 14.8. The third-order valence-corrected chi connectivity index (χ3v) is 4.20. The van der Waals surface area contributed by atoms with Crippen LogP contribution in [-0.2, 0) is 11.2 Å². The number of hydrogen-bond acceptors (Lipinski definition) is 2. The first-order valence-corrected chi connectivity index (χ1v) is 7.34. The highest BCUT2D eigenvalue weighted by Crippen LogP contribution is 2.26. The fraction of sp³-hybridized carbons (Fsp3) is 0.600. The van der Waals surface area contributed by atoms with Crippen LogP contribution in [0, 0.1) is 11.7 Å². The Hall–Kier alpha value is -0.640. The maximum absolute atomic E-state index is 13.5. The molecule has 0 spiro atoms. The number of benzene rings is 1. The Kier molecular flexibility index (Phi) is 5.61. The van der Waals surface area contributed by atoms with E-state index in [2.05, 4.69) is 12.2 Å². The molecular weight excluding hydrogens is 265 g/mol. The predicted octanol–water partition coefficient (Wildman–Crippen LogP) is 3.43. The van der Waals surface area contributed by atoms with Gasteiger partial charge in [-0.15, -0.1) is 0 Å². The second-order valence-electron chi connectivity index (χ2n) is 5.03. The van der Waals surface area contributed by atoms with E-state index >= 15 is 0 Å². The summed E-state index contributed by atoms with van der Waals surface area (Å²) >= 11 is 6.05. The molecule has 0 saturated carbocycles. The molecule has 19 heavy (non-hydrogen) atoms. The molecule has 1 atom stereocenters. The Labute approximate surface area is 119 Å². The summed E-state index contributed by atoms with van der Waals surface area (Å²) in [4.78, 5) is 0. The van der Waals surface area contributed by atoms with E-state index in [1.54, 1.807) is 6.07 Å². The molecule has 1 N–H and O–H groups in total. The first-order valence-electron chi connectivity index (χ1n) is 6.96. The molecule has 4 heteroatoms. The highest BCUT2D eigenvalue weighted by atomic mass is 35.5. The van der Waals surface area contributed by atoms with Crippen LogP contribution in [0.1, 0.15) is 25.3 Å². The largest absolute Gasteiger partial charge is 0.381 e. The molecule has 1 saturated heterocycles. The maximum Gasteiger partial charge on any atom is 0.142 e. The molecule has 1 unspecified atom stereocenters. The van der Waals surface area contributed by atoms with Crippen LogP contribution in [0.5, 0.6) is 0 Å². The summed E-state index contributed by atoms with van der Waals surface area (Å²) in [6.45, 7) is 4.65. The van der Waals surface area contributed by atoms with Gasteiger partial charge < -0.3 is 10.1 Å². The van der Waals surface area contributed by atoms with Gasteiger partial charge in [0, 0.05) is 19.3 Å². The van der Waals surface area contributed by atoms with Gasteiger partial charge in [0.05, 0.1) is 5.02 Å². The summed E-state index contributed by atoms with van der Waals surface area (Å²) in [7, 11) is 0. The number of nitrogens with one attached hydrogen (secondary N) is 1. The van der Waals surface area contributed by atoms with Crippen LogP contribution in [0.25, 0.3) is 0 Å². The highest BCUT2D eigenvalue weighted by molar-refractivity contribution is 6.31. The van der Waals surface area contributed by atoms with Crippen LogP contribution >= 0.6 is 11.6 Å². The Balaban J connectivity index is 2.08. The van der Waals surface area contributed by atoms with Crippen molar-refractivity contribution in [2.75, 3.05) is 19.8 Å². The molecule has 1 aromatic carbocycles. The van der Waals surface area contributed by atoms with Crippen LogP contribution in [0.3, 0.4) is 0 Å². The van der Waals surface area contributed by atoms with Crippen LogP contribution in [0.4, 0.5) is 4.39 Å². The second-order valence-corrected chi connectivity index (χ2v) is 5.41. The molecule has 1 aliphatic rings. The van der Waals surface area contributed by atoms with Crippen molar-refractivity contribution < 1.29 is 9.13 Å². The number of hydrogen-bond donors (Lipinski definition) is 1. The van der Waals surface area contributed by atoms with Crippen LogP contribution in [-0.4, -0.2) is 25.8 Å². The topological polar surface area (TPSA) is 21.3 Å². The molecule has 106 valence electrons. The molecule has 2 rings (SSSR count). The Morgan fingerprint density at radius 3 is 2.84 bits per heavy atom. The SMILES string of the molecule is CCNC(Cc1cccc(F)c1Cl)C1CCOCC1. The van der Waals surface area contributed by atoms with Crippen LogP contribution < -0.4 is 5.32 Å². The lowest BCUT2D eigenvalue weighted by Gasteiger charge is -2.31. The van der Waals surface area contributed by atoms with Crippen molar-refractivity contribution in [3.05, 3.63) is 34.6 Å². The molecule has 0 bridgehead atoms. The monoisotopic (exact) mass is 285 g/mol. The quantitative estimate of drug-likeness (QED) is 0.895. The normalized spacial score (nSPS) is 18.5. The zero-order chi connectivity index (χ0) is 13.7. The van der Waals surface area contributed by atoms with Crippen molar-refractivity contribution in [2.24, 2.45) is 5.92 Å². The van der Waals surface area contributed by atoms with E-state index in [9.17, 15) is 4.39 Å². The van der Waals surface area contributed by atoms with Crippen molar-refractivity contribution in [1.82, 2.24) is 5.32 Å². The average Bonchev–Trinajstić information content (AvgIpc) is 2.44. The van der Waals surface area contributed by atoms with Crippen molar-refractivity contribution in [1.29, 1.82) is 0 Å². The molecule has 1 heterocycles. The van der Waals surface area contributed by atoms with Crippen molar-refractivity contribution in [2.45, 2.75) is 32.2 Å². The van der Waals surface area contributed by atoms with E-state index in [4.69, 9.17) is 16.3 Å². The minimum atomic E-state index is -0.332. The van der Waals surface area contributed by atoms with Crippen molar-refractivity contribution >= 4 is 11.6 Å². The summed E-state index contributed by atoms with van der Waals surface area (Å²) in [6, 6.07) is 5.38. The number of rotatable bonds is 5. The Morgan fingerprint density at radius 1 is 1.42 bits per heavy atom. The van der Waals surface area contributed by atoms with Gasteiger partial charge in [0.25, 0.3) is 0 Å². The van der Waals surface area contributed by atoms with E-state index in [0.29, 0.717) is 12.0 Å². The lowest BCUT2D eigenvalue weighted by molar-refractivity contribution is 0.0540. The summed E-state index contributed by atoms with van der Waals surface area (Å²) in [5.41, 5.74) is 0.888. The van der Waals surface area contributed by atoms with E-state index in [-0.39, 0.29) is 10.8 Å². The van der Waals surface area contributed by atoms with Gasteiger partial charge >= 0.3 is 0 Å². The molecule has 0 aliphatic carbocycles. The number of likely N-dealkylation sites (N-methyl/N-ethyl adjacent to an activating group) is 1. The number of ether oxygens (including phenoxy) is 1. The van der Waals surface area contributed by atoms with Gasteiger partial charge in [0.15, 0.2) is 0 Å². The molecule has 0 amide bonds. The van der Waals surface area contributed by atoms with Crippen molar-refractivity contribution in [3.63, 3.8) is 0 Å². The van der Waals surface area contributed by atoms with Gasteiger partial charge in [-0.05, 0) is 43.4 Å². The van der Waals surface area contributed by atoms with E-state index in [1.165, 1.54) is 6.07 Å². The molecule has 1 aliphatic heterocycles. The predicted molar refractivity (Wildman–Crippen MR) is 76.1 cm³/mol. The van der Waals surface area contributed by atoms with E-state index in [1.807, 2.05) is 6.07 Å². The zero-order valence-electron chi connectivity index (χ0n) is 11.3. The molecule has 1 fully saturated rings. The van der Waals surface area contributed by atoms with Gasteiger partial charge in [0.2, 0.25) is 0 Å². The fourth-order valence-corrected chi connectivity index (χ4v) is 2.93. The van der Waals surface area contributed by atoms with Gasteiger partial charge in [-0.2, -0.15) is 0 Å². The van der Waals surface area contributed by atoms with E-state index in [0.717, 1.165) is 44.6 Å². The fourth-order valence-electron chi connectivity index (χ4n) is 2.73. The Morgan fingerprint density at radius 2 is 2.16 bits per heavy atom. The van der Waals surface area contributed by atoms with Crippen molar-refractivity contribution in [3.8, 4) is 0 Å². The summed E-state index contributed by atoms with van der Waals surface area (Å²) in [5, 5.41) is 3.77. The highest BCUT2D eigenvalue weighted by Gasteiger charge is 2.24.